The van der Waals surface area contributed by atoms with Crippen LogP contribution in [0.4, 0.5) is 0 Å². The van der Waals surface area contributed by atoms with Crippen LogP contribution in [0.2, 0.25) is 0 Å². The maximum atomic E-state index is 13.1. The van der Waals surface area contributed by atoms with Gasteiger partial charge in [0, 0.05) is 0 Å². The van der Waals surface area contributed by atoms with Gasteiger partial charge in [0.05, 0.1) is 0 Å². The van der Waals surface area contributed by atoms with Gasteiger partial charge in [-0.25, -0.2) is 0 Å². The molecule has 0 bridgehead atoms. The lowest BCUT2D eigenvalue weighted by atomic mass is 10.3. The fourth-order valence-corrected chi connectivity index (χ4v) is 3.81. The highest BCUT2D eigenvalue weighted by Crippen LogP contribution is 2.49. The van der Waals surface area contributed by atoms with Crippen LogP contribution in [-0.4, -0.2) is 24.5 Å². The lowest BCUT2D eigenvalue weighted by molar-refractivity contribution is 0.298. The first-order valence-corrected chi connectivity index (χ1v) is 11.6. The first-order chi connectivity index (χ1) is 14.6. The molecule has 0 atom stereocenters. The Bertz CT molecular complexity index is 758. The molecule has 0 fully saturated rings. The number of hydrogen-bond donors (Lipinski definition) is 0. The molecule has 0 radical (unpaired) electrons. The van der Waals surface area contributed by atoms with Gasteiger partial charge in [0.15, 0.2) is 0 Å². The summed E-state index contributed by atoms with van der Waals surface area (Å²) in [5, 5.41) is 0. The quantitative estimate of drug-likeness (QED) is 0.357. The molecule has 0 saturated carbocycles. The lowest BCUT2D eigenvalue weighted by Gasteiger charge is -2.19. The van der Waals surface area contributed by atoms with Crippen LogP contribution < -0.4 is 13.6 Å². The molecule has 0 spiro atoms. The van der Waals surface area contributed by atoms with Crippen molar-refractivity contribution in [3.05, 3.63) is 91.0 Å². The van der Waals surface area contributed by atoms with Gasteiger partial charge < -0.3 is 18.5 Å². The maximum Gasteiger partial charge on any atom is 0.647 e. The van der Waals surface area contributed by atoms with E-state index in [9.17, 15) is 4.57 Å². The Morgan fingerprint density at radius 3 is 1.03 bits per heavy atom. The van der Waals surface area contributed by atoms with Gasteiger partial charge in [-0.15, -0.1) is 0 Å². The van der Waals surface area contributed by atoms with Crippen LogP contribution in [0, 0.1) is 0 Å². The van der Waals surface area contributed by atoms with E-state index in [1.54, 1.807) is 72.8 Å². The van der Waals surface area contributed by atoms with E-state index in [0.29, 0.717) is 17.2 Å². The Morgan fingerprint density at radius 1 is 0.567 bits per heavy atom. The van der Waals surface area contributed by atoms with Crippen LogP contribution in [0.25, 0.3) is 0 Å². The number of benzene rings is 3. The van der Waals surface area contributed by atoms with Gasteiger partial charge in [0.25, 0.3) is 0 Å². The molecule has 0 heterocycles. The number of phosphoric acid groups is 1. The van der Waals surface area contributed by atoms with Gasteiger partial charge in [-0.2, -0.15) is 4.57 Å². The predicted octanol–water partition coefficient (Wildman–Crippen LogP) is 6.68. The molecule has 30 heavy (non-hydrogen) atoms. The normalized spacial score (nSPS) is 10.7. The third-order valence-corrected chi connectivity index (χ3v) is 5.53. The molecule has 0 aromatic heterocycles. The molecule has 0 N–H and O–H groups in total. The highest BCUT2D eigenvalue weighted by Gasteiger charge is 2.33. The van der Waals surface area contributed by atoms with Crippen molar-refractivity contribution in [1.29, 1.82) is 0 Å². The van der Waals surface area contributed by atoms with Crippen LogP contribution in [0.5, 0.6) is 17.2 Å². The number of hydrogen-bond acceptors (Lipinski definition) is 5. The molecule has 6 heteroatoms. The molecule has 0 aliphatic heterocycles. The summed E-state index contributed by atoms with van der Waals surface area (Å²) in [5.74, 6) is 1.22. The molecule has 3 rings (SSSR count). The van der Waals surface area contributed by atoms with Crippen molar-refractivity contribution in [2.75, 3.05) is 19.6 Å². The molecule has 0 aliphatic carbocycles. The molecule has 0 saturated heterocycles. The van der Waals surface area contributed by atoms with Crippen molar-refractivity contribution in [3.8, 4) is 17.2 Å². The first kappa shape index (κ1) is 23.5. The molecule has 160 valence electrons. The van der Waals surface area contributed by atoms with Crippen molar-refractivity contribution < 1.29 is 18.1 Å². The van der Waals surface area contributed by atoms with Gasteiger partial charge in [-0.3, -0.25) is 0 Å². The minimum Gasteiger partial charge on any atom is -0.386 e. The summed E-state index contributed by atoms with van der Waals surface area (Å²) < 4.78 is 29.6. The van der Waals surface area contributed by atoms with E-state index in [1.165, 1.54) is 19.6 Å². The van der Waals surface area contributed by atoms with E-state index in [4.69, 9.17) is 13.6 Å². The van der Waals surface area contributed by atoms with E-state index in [1.807, 2.05) is 18.2 Å². The molecule has 3 aromatic carbocycles. The largest absolute Gasteiger partial charge is 0.647 e. The van der Waals surface area contributed by atoms with Crippen LogP contribution in [0.3, 0.4) is 0 Å². The first-order valence-electron chi connectivity index (χ1n) is 10.1. The third kappa shape index (κ3) is 8.32. The van der Waals surface area contributed by atoms with Gasteiger partial charge in [-0.1, -0.05) is 75.4 Å². The van der Waals surface area contributed by atoms with E-state index in [-0.39, 0.29) is 0 Å². The zero-order valence-electron chi connectivity index (χ0n) is 17.8. The average Bonchev–Trinajstić information content (AvgIpc) is 2.77. The number of para-hydroxylation sites is 3. The standard InChI is InChI=1S/C18H15O4P.C6H15N/c19-23(20-16-10-4-1-5-11-16,21-17-12-6-2-7-13-17)22-18-14-8-3-9-15-18;1-4-7(5-2)6-3/h1-15H;4-6H2,1-3H3. The molecule has 5 nitrogen and oxygen atoms in total. The predicted molar refractivity (Wildman–Crippen MR) is 122 cm³/mol. The minimum absolute atomic E-state index is 0.405. The fourth-order valence-electron chi connectivity index (χ4n) is 2.56. The van der Waals surface area contributed by atoms with E-state index < -0.39 is 7.82 Å². The molecule has 0 unspecified atom stereocenters. The van der Waals surface area contributed by atoms with Crippen molar-refractivity contribution in [2.45, 2.75) is 20.8 Å². The Labute approximate surface area is 179 Å². The van der Waals surface area contributed by atoms with Gasteiger partial charge >= 0.3 is 7.82 Å². The molecule has 0 amide bonds. The maximum absolute atomic E-state index is 13.1. The van der Waals surface area contributed by atoms with Crippen molar-refractivity contribution >= 4 is 7.82 Å². The van der Waals surface area contributed by atoms with Crippen LogP contribution in [0.15, 0.2) is 91.0 Å². The summed E-state index contributed by atoms with van der Waals surface area (Å²) >= 11 is 0. The second-order valence-electron chi connectivity index (χ2n) is 6.28. The number of phosphoric ester groups is 1. The summed E-state index contributed by atoms with van der Waals surface area (Å²) in [5.41, 5.74) is 0. The smallest absolute Gasteiger partial charge is 0.386 e. The Balaban J connectivity index is 0.000000396. The van der Waals surface area contributed by atoms with Crippen molar-refractivity contribution in [3.63, 3.8) is 0 Å². The molecule has 0 aliphatic rings. The average molecular weight is 427 g/mol. The zero-order valence-corrected chi connectivity index (χ0v) is 18.7. The number of nitrogens with zero attached hydrogens (tertiary/aromatic N) is 1. The van der Waals surface area contributed by atoms with Gasteiger partial charge in [0.2, 0.25) is 0 Å². The summed E-state index contributed by atoms with van der Waals surface area (Å²) in [6.45, 7) is 10.1. The van der Waals surface area contributed by atoms with E-state index in [2.05, 4.69) is 25.7 Å². The molecular weight excluding hydrogens is 397 g/mol. The monoisotopic (exact) mass is 427 g/mol. The second-order valence-corrected chi connectivity index (χ2v) is 7.72. The number of rotatable bonds is 9. The summed E-state index contributed by atoms with van der Waals surface area (Å²) in [6.07, 6.45) is 0. The third-order valence-electron chi connectivity index (χ3n) is 4.22. The minimum atomic E-state index is -3.89. The molecular formula is C24H30NO4P. The lowest BCUT2D eigenvalue weighted by Crippen LogP contribution is -2.21. The van der Waals surface area contributed by atoms with Gasteiger partial charge in [-0.05, 0) is 56.0 Å². The summed E-state index contributed by atoms with van der Waals surface area (Å²) in [6, 6.07) is 26.4. The fraction of sp³-hybridized carbons (Fsp3) is 0.250. The van der Waals surface area contributed by atoms with Crippen molar-refractivity contribution in [2.24, 2.45) is 0 Å². The van der Waals surface area contributed by atoms with Crippen molar-refractivity contribution in [1.82, 2.24) is 4.90 Å². The topological polar surface area (TPSA) is 48.0 Å². The van der Waals surface area contributed by atoms with Crippen LogP contribution >= 0.6 is 7.82 Å². The summed E-state index contributed by atoms with van der Waals surface area (Å²) in [7, 11) is -3.89. The van der Waals surface area contributed by atoms with E-state index in [0.717, 1.165) is 0 Å². The highest BCUT2D eigenvalue weighted by molar-refractivity contribution is 7.49. The molecule has 3 aromatic rings. The van der Waals surface area contributed by atoms with Crippen LogP contribution in [-0.2, 0) is 4.57 Å². The Morgan fingerprint density at radius 2 is 0.833 bits per heavy atom. The van der Waals surface area contributed by atoms with Gasteiger partial charge in [0.1, 0.15) is 17.2 Å². The zero-order chi connectivity index (χ0) is 21.7. The van der Waals surface area contributed by atoms with Crippen LogP contribution in [0.1, 0.15) is 20.8 Å². The second kappa shape index (κ2) is 12.7. The highest BCUT2D eigenvalue weighted by atomic mass is 31.2. The van der Waals surface area contributed by atoms with E-state index >= 15 is 0 Å². The SMILES string of the molecule is CCN(CC)CC.O=P(Oc1ccccc1)(Oc1ccccc1)Oc1ccccc1. The Hall–Kier alpha value is -2.75. The Kier molecular flexibility index (Phi) is 9.99. The summed E-state index contributed by atoms with van der Waals surface area (Å²) in [4.78, 5) is 2.38.